The molecular formula is C50H72N2O7. The maximum absolute atomic E-state index is 13.2. The van der Waals surface area contributed by atoms with Crippen molar-refractivity contribution in [3.05, 3.63) is 106 Å². The minimum absolute atomic E-state index is 0.0239. The molecule has 9 heteroatoms. The third-order valence-corrected chi connectivity index (χ3v) is 15.0. The first-order chi connectivity index (χ1) is 28.4. The molecule has 1 spiro atoms. The molecule has 0 radical (unpaired) electrons. The van der Waals surface area contributed by atoms with E-state index < -0.39 is 29.3 Å². The van der Waals surface area contributed by atoms with Crippen molar-refractivity contribution in [2.45, 2.75) is 108 Å². The molecule has 1 heterocycles. The Balaban J connectivity index is 1.31. The van der Waals surface area contributed by atoms with Crippen molar-refractivity contribution in [3.63, 3.8) is 0 Å². The molecule has 2 saturated carbocycles. The Labute approximate surface area is 353 Å². The van der Waals surface area contributed by atoms with Gasteiger partial charge in [0.15, 0.2) is 0 Å². The van der Waals surface area contributed by atoms with E-state index in [4.69, 9.17) is 9.47 Å². The van der Waals surface area contributed by atoms with Gasteiger partial charge in [-0.25, -0.2) is 0 Å². The number of benzene rings is 1. The minimum atomic E-state index is -1.23. The van der Waals surface area contributed by atoms with Gasteiger partial charge in [0.05, 0.1) is 18.3 Å². The van der Waals surface area contributed by atoms with Crippen molar-refractivity contribution in [3.8, 4) is 0 Å². The van der Waals surface area contributed by atoms with Crippen molar-refractivity contribution >= 4 is 6.29 Å². The Bertz CT molecular complexity index is 1800. The molecule has 6 rings (SSSR count). The molecule has 4 bridgehead atoms. The Morgan fingerprint density at radius 3 is 2.73 bits per heavy atom. The molecule has 1 aromatic carbocycles. The van der Waals surface area contributed by atoms with Gasteiger partial charge in [-0.05, 0) is 150 Å². The number of ether oxygens (including phenoxy) is 2. The zero-order valence-electron chi connectivity index (χ0n) is 36.2. The van der Waals surface area contributed by atoms with Crippen LogP contribution < -0.4 is 10.6 Å². The van der Waals surface area contributed by atoms with Crippen LogP contribution in [-0.2, 0) is 27.1 Å². The summed E-state index contributed by atoms with van der Waals surface area (Å²) in [6, 6.07) is 8.91. The lowest BCUT2D eigenvalue weighted by Gasteiger charge is -2.66. The summed E-state index contributed by atoms with van der Waals surface area (Å²) >= 11 is 0. The van der Waals surface area contributed by atoms with Crippen LogP contribution in [0.15, 0.2) is 95.2 Å². The fourth-order valence-corrected chi connectivity index (χ4v) is 12.0. The standard InChI is InChI=1S/C50H72N2O7/c1-35-14-15-40(28-37-10-7-11-38(27-37)29-47(3,52-30-35)23-26-58-5)36(2)9-6-12-42(32-59-34-55)43-17-21-50(46(43)56)45-39(18-25-53)16-20-48(33-49(50,57)22-24-51-4)19-8-13-41(31-54)44(45)48/h6-7,9-12,14,16,20,27,31,39-40,43,45-46,51-53,55-57H,2,8,13,15,17-19,21-26,28-30,32-34H2,1,3-5H3/t39-,40-,43+,45-,46+,47-,48-,49+,50+/m0/s1. The van der Waals surface area contributed by atoms with E-state index in [1.807, 2.05) is 19.2 Å². The smallest absolute Gasteiger partial charge is 0.146 e. The number of aliphatic hydroxyl groups is 4. The highest BCUT2D eigenvalue weighted by molar-refractivity contribution is 5.77. The molecule has 1 aliphatic heterocycles. The van der Waals surface area contributed by atoms with E-state index in [1.54, 1.807) is 7.11 Å². The van der Waals surface area contributed by atoms with Gasteiger partial charge in [-0.15, -0.1) is 0 Å². The number of carbonyl (C=O) groups excluding carboxylic acids is 1. The van der Waals surface area contributed by atoms with Crippen LogP contribution >= 0.6 is 0 Å². The van der Waals surface area contributed by atoms with Gasteiger partial charge < -0.3 is 40.5 Å². The fraction of sp³-hybridized carbons (Fsp3) is 0.620. The maximum Gasteiger partial charge on any atom is 0.146 e. The van der Waals surface area contributed by atoms with E-state index in [9.17, 15) is 25.2 Å². The molecule has 6 N–H and O–H groups in total. The summed E-state index contributed by atoms with van der Waals surface area (Å²) in [6.07, 6.45) is 21.4. The summed E-state index contributed by atoms with van der Waals surface area (Å²) in [6.45, 7) is 10.8. The van der Waals surface area contributed by atoms with Gasteiger partial charge in [0.1, 0.15) is 13.1 Å². The molecule has 0 saturated heterocycles. The van der Waals surface area contributed by atoms with E-state index in [0.717, 1.165) is 73.6 Å². The first-order valence-corrected chi connectivity index (χ1v) is 22.2. The van der Waals surface area contributed by atoms with E-state index in [-0.39, 0.29) is 42.4 Å². The van der Waals surface area contributed by atoms with Gasteiger partial charge in [-0.1, -0.05) is 78.4 Å². The van der Waals surface area contributed by atoms with E-state index in [1.165, 1.54) is 16.7 Å². The average Bonchev–Trinajstić information content (AvgIpc) is 3.57. The predicted molar refractivity (Wildman–Crippen MR) is 234 cm³/mol. The molecular weight excluding hydrogens is 741 g/mol. The van der Waals surface area contributed by atoms with Gasteiger partial charge in [0.2, 0.25) is 0 Å². The Morgan fingerprint density at radius 1 is 1.17 bits per heavy atom. The summed E-state index contributed by atoms with van der Waals surface area (Å²) in [5.74, 6) is -0.605. The lowest BCUT2D eigenvalue weighted by atomic mass is 9.40. The molecule has 0 amide bonds. The normalized spacial score (nSPS) is 35.0. The topological polar surface area (TPSA) is 141 Å². The van der Waals surface area contributed by atoms with Crippen molar-refractivity contribution in [2.24, 2.45) is 34.5 Å². The number of hydrogen-bond donors (Lipinski definition) is 6. The second-order valence-electron chi connectivity index (χ2n) is 18.8. The van der Waals surface area contributed by atoms with Crippen LogP contribution in [0.3, 0.4) is 0 Å². The SMILES string of the molecule is C=C(C=CC=C(COCO)[C@H]1CC[C@]2([C@@H]1O)[C@@H]1C3=C(C=O)CCC[C@]3(C=C[C@H]1CCO)C[C@]2(O)CCNC)[C@H]1CC=C(C)CN[C@@](C)(CCOC)Cc2cccc(c2)C1. The monoisotopic (exact) mass is 813 g/mol. The molecule has 0 unspecified atom stereocenters. The van der Waals surface area contributed by atoms with Crippen LogP contribution in [0.2, 0.25) is 0 Å². The zero-order chi connectivity index (χ0) is 42.3. The van der Waals surface area contributed by atoms with Crippen molar-refractivity contribution in [1.29, 1.82) is 0 Å². The van der Waals surface area contributed by atoms with Crippen molar-refractivity contribution in [1.82, 2.24) is 10.6 Å². The average molecular weight is 813 g/mol. The highest BCUT2D eigenvalue weighted by atomic mass is 16.6. The molecule has 5 aliphatic rings. The van der Waals surface area contributed by atoms with Crippen LogP contribution in [0.25, 0.3) is 0 Å². The maximum atomic E-state index is 13.2. The molecule has 0 aromatic heterocycles. The first kappa shape index (κ1) is 45.5. The largest absolute Gasteiger partial charge is 0.396 e. The molecule has 2 fully saturated rings. The third kappa shape index (κ3) is 9.43. The molecule has 324 valence electrons. The molecule has 9 atom stereocenters. The second kappa shape index (κ2) is 19.8. The van der Waals surface area contributed by atoms with Crippen LogP contribution in [0.4, 0.5) is 0 Å². The molecule has 9 nitrogen and oxygen atoms in total. The fourth-order valence-electron chi connectivity index (χ4n) is 12.0. The number of carbonyl (C=O) groups is 1. The minimum Gasteiger partial charge on any atom is -0.396 e. The summed E-state index contributed by atoms with van der Waals surface area (Å²) in [7, 11) is 3.65. The highest BCUT2D eigenvalue weighted by Crippen LogP contribution is 2.72. The van der Waals surface area contributed by atoms with Crippen molar-refractivity contribution in [2.75, 3.05) is 53.9 Å². The van der Waals surface area contributed by atoms with Crippen LogP contribution in [0.1, 0.15) is 89.2 Å². The van der Waals surface area contributed by atoms with Crippen LogP contribution in [0.5, 0.6) is 0 Å². The number of methoxy groups -OCH3 is 1. The van der Waals surface area contributed by atoms with Crippen LogP contribution in [-0.4, -0.2) is 97.8 Å². The number of fused-ring (bicyclic) bond motifs is 3. The van der Waals surface area contributed by atoms with Gasteiger partial charge in [-0.2, -0.15) is 0 Å². The Morgan fingerprint density at radius 2 is 1.98 bits per heavy atom. The predicted octanol–water partition coefficient (Wildman–Crippen LogP) is 6.48. The van der Waals surface area contributed by atoms with Crippen LogP contribution in [0, 0.1) is 34.5 Å². The van der Waals surface area contributed by atoms with E-state index in [2.05, 4.69) is 79.6 Å². The Hall–Kier alpha value is -2.99. The summed E-state index contributed by atoms with van der Waals surface area (Å²) in [5.41, 5.74) is 4.90. The Kier molecular flexibility index (Phi) is 15.3. The third-order valence-electron chi connectivity index (χ3n) is 15.0. The number of nitrogens with one attached hydrogen (secondary N) is 2. The first-order valence-electron chi connectivity index (χ1n) is 22.2. The lowest BCUT2D eigenvalue weighted by Crippen LogP contribution is -2.67. The quantitative estimate of drug-likeness (QED) is 0.0480. The summed E-state index contributed by atoms with van der Waals surface area (Å²) in [5, 5.41) is 53.4. The van der Waals surface area contributed by atoms with E-state index >= 15 is 0 Å². The highest BCUT2D eigenvalue weighted by Gasteiger charge is 2.71. The van der Waals surface area contributed by atoms with Gasteiger partial charge in [0, 0.05) is 49.2 Å². The summed E-state index contributed by atoms with van der Waals surface area (Å²) in [4.78, 5) is 12.8. The van der Waals surface area contributed by atoms with Gasteiger partial charge in [-0.3, -0.25) is 4.79 Å². The van der Waals surface area contributed by atoms with Gasteiger partial charge in [0.25, 0.3) is 0 Å². The van der Waals surface area contributed by atoms with Crippen molar-refractivity contribution < 1.29 is 34.7 Å². The van der Waals surface area contributed by atoms with E-state index in [0.29, 0.717) is 51.7 Å². The molecule has 59 heavy (non-hydrogen) atoms. The second-order valence-corrected chi connectivity index (χ2v) is 18.8. The molecule has 4 aliphatic carbocycles. The number of aliphatic hydroxyl groups excluding tert-OH is 3. The number of rotatable bonds is 16. The summed E-state index contributed by atoms with van der Waals surface area (Å²) < 4.78 is 11.1. The zero-order valence-corrected chi connectivity index (χ0v) is 36.2. The number of hydrogen-bond acceptors (Lipinski definition) is 9. The number of aldehydes is 1. The molecule has 1 aromatic rings. The van der Waals surface area contributed by atoms with Gasteiger partial charge >= 0.3 is 0 Å². The lowest BCUT2D eigenvalue weighted by molar-refractivity contribution is -0.207. The number of allylic oxidation sites excluding steroid dienone is 9.